The monoisotopic (exact) mass is 258 g/mol. The molecule has 19 heavy (non-hydrogen) atoms. The third-order valence-electron chi connectivity index (χ3n) is 4.73. The number of hydrogen-bond donors (Lipinski definition) is 1. The van der Waals surface area contributed by atoms with Gasteiger partial charge in [0.15, 0.2) is 0 Å². The van der Waals surface area contributed by atoms with Gasteiger partial charge in [0.1, 0.15) is 0 Å². The van der Waals surface area contributed by atoms with Crippen LogP contribution in [0.5, 0.6) is 0 Å². The van der Waals surface area contributed by atoms with Crippen molar-refractivity contribution in [1.29, 1.82) is 0 Å². The maximum Gasteiger partial charge on any atom is 0.0372 e. The number of rotatable bonds is 2. The van der Waals surface area contributed by atoms with Crippen molar-refractivity contribution in [3.8, 4) is 0 Å². The quantitative estimate of drug-likeness (QED) is 0.874. The summed E-state index contributed by atoms with van der Waals surface area (Å²) in [6.07, 6.45) is 5.44. The highest BCUT2D eigenvalue weighted by atomic mass is 15.1. The van der Waals surface area contributed by atoms with Gasteiger partial charge in [-0.25, -0.2) is 0 Å². The maximum absolute atomic E-state index is 3.60. The molecular weight excluding hydrogens is 232 g/mol. The van der Waals surface area contributed by atoms with Crippen LogP contribution in [0.4, 0.5) is 5.69 Å². The minimum absolute atomic E-state index is 0.781. The van der Waals surface area contributed by atoms with E-state index in [4.69, 9.17) is 0 Å². The molecule has 2 heterocycles. The molecule has 1 saturated heterocycles. The van der Waals surface area contributed by atoms with E-state index in [1.807, 2.05) is 0 Å². The summed E-state index contributed by atoms with van der Waals surface area (Å²) in [6, 6.07) is 8.77. The second-order valence-electron chi connectivity index (χ2n) is 6.44. The molecule has 2 nitrogen and oxygen atoms in total. The Labute approximate surface area is 117 Å². The predicted octanol–water partition coefficient (Wildman–Crippen LogP) is 3.39. The van der Waals surface area contributed by atoms with Gasteiger partial charge in [0.05, 0.1) is 0 Å². The zero-order valence-electron chi connectivity index (χ0n) is 12.1. The summed E-state index contributed by atoms with van der Waals surface area (Å²) >= 11 is 0. The maximum atomic E-state index is 3.60. The van der Waals surface area contributed by atoms with E-state index in [1.54, 1.807) is 0 Å². The van der Waals surface area contributed by atoms with E-state index in [1.165, 1.54) is 56.6 Å². The third-order valence-corrected chi connectivity index (χ3v) is 4.73. The van der Waals surface area contributed by atoms with E-state index < -0.39 is 0 Å². The Kier molecular flexibility index (Phi) is 4.07. The van der Waals surface area contributed by atoms with Crippen molar-refractivity contribution >= 4 is 5.69 Å². The van der Waals surface area contributed by atoms with Crippen molar-refractivity contribution in [2.75, 3.05) is 31.5 Å². The van der Waals surface area contributed by atoms with E-state index >= 15 is 0 Å². The fourth-order valence-corrected chi connectivity index (χ4v) is 3.51. The molecule has 1 fully saturated rings. The van der Waals surface area contributed by atoms with Gasteiger partial charge in [-0.05, 0) is 62.2 Å². The number of fused-ring (bicyclic) bond motifs is 1. The van der Waals surface area contributed by atoms with E-state index in [-0.39, 0.29) is 0 Å². The lowest BCUT2D eigenvalue weighted by atomic mass is 9.93. The van der Waals surface area contributed by atoms with Gasteiger partial charge in [0, 0.05) is 18.8 Å². The minimum Gasteiger partial charge on any atom is -0.384 e. The highest BCUT2D eigenvalue weighted by Gasteiger charge is 2.21. The van der Waals surface area contributed by atoms with Crippen LogP contribution in [0, 0.1) is 11.8 Å². The molecule has 2 aliphatic heterocycles. The Morgan fingerprint density at radius 3 is 3.05 bits per heavy atom. The largest absolute Gasteiger partial charge is 0.384 e. The summed E-state index contributed by atoms with van der Waals surface area (Å²) in [6.45, 7) is 7.43. The number of para-hydroxylation sites is 1. The number of anilines is 1. The van der Waals surface area contributed by atoms with Crippen LogP contribution in [-0.2, 0) is 6.42 Å². The summed E-state index contributed by atoms with van der Waals surface area (Å²) in [4.78, 5) is 2.70. The number of likely N-dealkylation sites (tertiary alicyclic amines) is 1. The molecule has 2 aliphatic rings. The van der Waals surface area contributed by atoms with Gasteiger partial charge in [-0.1, -0.05) is 25.1 Å². The molecule has 0 aliphatic carbocycles. The van der Waals surface area contributed by atoms with Gasteiger partial charge in [-0.15, -0.1) is 0 Å². The fraction of sp³-hybridized carbons (Fsp3) is 0.647. The molecule has 0 spiro atoms. The Bertz CT molecular complexity index is 415. The van der Waals surface area contributed by atoms with E-state index in [0.29, 0.717) is 0 Å². The first-order valence-electron chi connectivity index (χ1n) is 7.85. The highest BCUT2D eigenvalue weighted by molar-refractivity contribution is 5.53. The van der Waals surface area contributed by atoms with Gasteiger partial charge in [0.2, 0.25) is 0 Å². The van der Waals surface area contributed by atoms with Gasteiger partial charge < -0.3 is 10.2 Å². The van der Waals surface area contributed by atoms with Crippen molar-refractivity contribution in [3.63, 3.8) is 0 Å². The van der Waals surface area contributed by atoms with Crippen LogP contribution in [0.1, 0.15) is 31.7 Å². The number of nitrogens with zero attached hydrogens (tertiary/aromatic N) is 1. The lowest BCUT2D eigenvalue weighted by Gasteiger charge is -2.31. The lowest BCUT2D eigenvalue weighted by molar-refractivity contribution is 0.238. The average Bonchev–Trinajstić information content (AvgIpc) is 2.64. The Hall–Kier alpha value is -1.02. The molecule has 1 aromatic rings. The van der Waals surface area contributed by atoms with Gasteiger partial charge in [0.25, 0.3) is 0 Å². The van der Waals surface area contributed by atoms with Crippen LogP contribution in [0.3, 0.4) is 0 Å². The Morgan fingerprint density at radius 2 is 2.11 bits per heavy atom. The first-order valence-corrected chi connectivity index (χ1v) is 7.85. The van der Waals surface area contributed by atoms with Crippen LogP contribution < -0.4 is 5.32 Å². The first-order chi connectivity index (χ1) is 9.31. The van der Waals surface area contributed by atoms with E-state index in [0.717, 1.165) is 18.4 Å². The average molecular weight is 258 g/mol. The standard InChI is InChI=1S/C17H26N2/c1-14-5-4-9-19(10-8-14)13-15-11-16-6-2-3-7-17(16)18-12-15/h2-3,6-7,14-15,18H,4-5,8-13H2,1H3. The minimum atomic E-state index is 0.781. The Balaban J connectivity index is 1.57. The second kappa shape index (κ2) is 5.96. The molecule has 2 unspecified atom stereocenters. The summed E-state index contributed by atoms with van der Waals surface area (Å²) in [7, 11) is 0. The molecular formula is C17H26N2. The SMILES string of the molecule is CC1CCCN(CC2CNc3ccccc3C2)CC1. The van der Waals surface area contributed by atoms with Crippen molar-refractivity contribution in [2.45, 2.75) is 32.6 Å². The number of nitrogens with one attached hydrogen (secondary N) is 1. The molecule has 1 N–H and O–H groups in total. The molecule has 0 radical (unpaired) electrons. The van der Waals surface area contributed by atoms with Gasteiger partial charge >= 0.3 is 0 Å². The topological polar surface area (TPSA) is 15.3 Å². The van der Waals surface area contributed by atoms with Crippen LogP contribution in [0.15, 0.2) is 24.3 Å². The van der Waals surface area contributed by atoms with Crippen molar-refractivity contribution in [3.05, 3.63) is 29.8 Å². The van der Waals surface area contributed by atoms with Crippen LogP contribution >= 0.6 is 0 Å². The molecule has 1 aromatic carbocycles. The van der Waals surface area contributed by atoms with Crippen molar-refractivity contribution in [2.24, 2.45) is 11.8 Å². The summed E-state index contributed by atoms with van der Waals surface area (Å²) in [5, 5.41) is 3.60. The molecule has 2 heteroatoms. The molecule has 0 saturated carbocycles. The van der Waals surface area contributed by atoms with Crippen molar-refractivity contribution in [1.82, 2.24) is 4.90 Å². The van der Waals surface area contributed by atoms with E-state index in [9.17, 15) is 0 Å². The smallest absolute Gasteiger partial charge is 0.0372 e. The molecule has 3 rings (SSSR count). The molecule has 0 bridgehead atoms. The van der Waals surface area contributed by atoms with Gasteiger partial charge in [-0.3, -0.25) is 0 Å². The highest BCUT2D eigenvalue weighted by Crippen LogP contribution is 2.25. The number of hydrogen-bond acceptors (Lipinski definition) is 2. The van der Waals surface area contributed by atoms with Crippen LogP contribution in [0.2, 0.25) is 0 Å². The van der Waals surface area contributed by atoms with Crippen molar-refractivity contribution < 1.29 is 0 Å². The summed E-state index contributed by atoms with van der Waals surface area (Å²) in [5.41, 5.74) is 2.85. The molecule has 2 atom stereocenters. The van der Waals surface area contributed by atoms with Crippen LogP contribution in [0.25, 0.3) is 0 Å². The molecule has 0 amide bonds. The third kappa shape index (κ3) is 3.30. The zero-order chi connectivity index (χ0) is 13.1. The first kappa shape index (κ1) is 13.0. The zero-order valence-corrected chi connectivity index (χ0v) is 12.1. The summed E-state index contributed by atoms with van der Waals surface area (Å²) in [5.74, 6) is 1.71. The molecule has 104 valence electrons. The number of benzene rings is 1. The van der Waals surface area contributed by atoms with E-state index in [2.05, 4.69) is 41.4 Å². The molecule has 0 aromatic heterocycles. The summed E-state index contributed by atoms with van der Waals surface area (Å²) < 4.78 is 0. The van der Waals surface area contributed by atoms with Gasteiger partial charge in [-0.2, -0.15) is 0 Å². The lowest BCUT2D eigenvalue weighted by Crippen LogP contribution is -2.36. The fourth-order valence-electron chi connectivity index (χ4n) is 3.51. The Morgan fingerprint density at radius 1 is 1.21 bits per heavy atom. The van der Waals surface area contributed by atoms with Crippen LogP contribution in [-0.4, -0.2) is 31.1 Å². The normalized spacial score (nSPS) is 28.3. The second-order valence-corrected chi connectivity index (χ2v) is 6.44. The predicted molar refractivity (Wildman–Crippen MR) is 81.6 cm³/mol.